The number of piperidine rings is 1. The fourth-order valence-corrected chi connectivity index (χ4v) is 8.52. The minimum absolute atomic E-state index is 0.0685. The fraction of sp³-hybridized carbons (Fsp3) is 0.509. The van der Waals surface area contributed by atoms with Crippen molar-refractivity contribution < 1.29 is 42.5 Å². The molecule has 1 unspecified atom stereocenters. The molecule has 3 aromatic heterocycles. The number of nitrogens with one attached hydrogen (secondary N) is 2. The van der Waals surface area contributed by atoms with E-state index in [0.29, 0.717) is 130 Å². The highest BCUT2D eigenvalue weighted by Gasteiger charge is 2.39. The average Bonchev–Trinajstić information content (AvgIpc) is 3.73. The molecule has 0 saturated carbocycles. The van der Waals surface area contributed by atoms with E-state index < -0.39 is 17.9 Å². The predicted octanol–water partition coefficient (Wildman–Crippen LogP) is 6.29. The van der Waals surface area contributed by atoms with Gasteiger partial charge in [0.1, 0.15) is 29.0 Å². The molecule has 2 fully saturated rings. The third-order valence-electron chi connectivity index (χ3n) is 12.3. The molecule has 0 radical (unpaired) electrons. The van der Waals surface area contributed by atoms with Gasteiger partial charge < -0.3 is 40.2 Å². The number of pyridine rings is 2. The molecule has 0 spiro atoms. The van der Waals surface area contributed by atoms with Gasteiger partial charge in [-0.25, -0.2) is 19.3 Å². The number of likely N-dealkylation sites (N-methyl/N-ethyl adjacent to an activating group) is 1. The summed E-state index contributed by atoms with van der Waals surface area (Å²) in [7, 11) is 1.35. The summed E-state index contributed by atoms with van der Waals surface area (Å²) in [5, 5.41) is 6.40. The Morgan fingerprint density at radius 2 is 1.55 bits per heavy atom. The fourth-order valence-electron chi connectivity index (χ4n) is 8.52. The van der Waals surface area contributed by atoms with E-state index in [1.165, 1.54) is 13.5 Å². The number of benzene rings is 2. The molecule has 19 nitrogen and oxygen atoms in total. The van der Waals surface area contributed by atoms with E-state index in [4.69, 9.17) is 29.7 Å². The normalized spacial score (nSPS) is 14.9. The summed E-state index contributed by atoms with van der Waals surface area (Å²) >= 11 is 0. The first-order chi connectivity index (χ1) is 36.2. The molecule has 0 bridgehead atoms. The van der Waals surface area contributed by atoms with Gasteiger partial charge in [-0.3, -0.25) is 38.4 Å². The van der Waals surface area contributed by atoms with Crippen LogP contribution in [0.4, 0.5) is 21.6 Å². The molecule has 2 aromatic carbocycles. The molecule has 75 heavy (non-hydrogen) atoms. The number of fused-ring (bicyclic) bond motifs is 1. The number of carbonyl (C=O) groups excluding carboxylic acids is 4. The number of aryl methyl sites for hydroxylation is 2. The molecule has 0 aliphatic carbocycles. The molecule has 1 atom stereocenters. The molecule has 2 aliphatic rings. The Hall–Kier alpha value is -6.42. The highest BCUT2D eigenvalue weighted by Crippen LogP contribution is 2.29. The van der Waals surface area contributed by atoms with Crippen LogP contribution in [0.1, 0.15) is 75.6 Å². The Balaban J connectivity index is 0.00000107. The van der Waals surface area contributed by atoms with Crippen molar-refractivity contribution in [3.8, 4) is 16.9 Å². The molecule has 4 amide bonds. The SMILES string of the molecule is CCC.CCNC(C)C.Cc1cccc(NCCOCCOCCOCCOCCN2CCN(c3ccc(-n4c(C)nc5ccc(-c6ccnc(N)c6)nc54)cc3F)CC2)c1C(=O)N(C=O)C1CCC(=O)N(C)C1=O. The van der Waals surface area contributed by atoms with Crippen LogP contribution in [0, 0.1) is 19.7 Å². The van der Waals surface area contributed by atoms with E-state index in [1.807, 2.05) is 41.8 Å². The quantitative estimate of drug-likeness (QED) is 0.0352. The average molecular weight is 1040 g/mol. The summed E-state index contributed by atoms with van der Waals surface area (Å²) in [4.78, 5) is 70.0. The van der Waals surface area contributed by atoms with E-state index in [1.54, 1.807) is 43.5 Å². The molecule has 5 heterocycles. The number of imidazole rings is 1. The zero-order valence-electron chi connectivity index (χ0n) is 45.1. The van der Waals surface area contributed by atoms with Crippen LogP contribution < -0.4 is 21.3 Å². The molecule has 4 N–H and O–H groups in total. The van der Waals surface area contributed by atoms with Gasteiger partial charge in [-0.15, -0.1) is 0 Å². The zero-order chi connectivity index (χ0) is 54.3. The highest BCUT2D eigenvalue weighted by molar-refractivity contribution is 6.09. The van der Waals surface area contributed by atoms with Crippen molar-refractivity contribution in [2.24, 2.45) is 0 Å². The number of aromatic nitrogens is 4. The first-order valence-corrected chi connectivity index (χ1v) is 26.0. The Morgan fingerprint density at radius 3 is 2.16 bits per heavy atom. The lowest BCUT2D eigenvalue weighted by Crippen LogP contribution is -2.54. The summed E-state index contributed by atoms with van der Waals surface area (Å²) in [6.07, 6.45) is 3.40. The second kappa shape index (κ2) is 30.8. The van der Waals surface area contributed by atoms with Crippen LogP contribution in [-0.2, 0) is 33.3 Å². The topological polar surface area (TPSA) is 212 Å². The number of amides is 4. The van der Waals surface area contributed by atoms with Gasteiger partial charge in [-0.05, 0) is 74.8 Å². The standard InChI is InChI=1S/C47H57FN10O8.C5H13N.C3H8/c1-32-5-4-6-38(44(32)47(62)57(31-59)41-11-12-43(60)54(3)46(41)61)50-15-21-63-23-25-65-27-28-66-26-24-64-22-20-55-16-18-56(19-17-55)40-10-7-35(30-36(40)48)58-33(2)52-39-9-8-37(53-45(39)58)34-13-14-51-42(49)29-34;1-4-6-5(2)3;1-3-2/h4-10,13-14,29-31,41,50H,11-12,15-28H2,1-3H3,(H2,49,51);5-6H,4H2,1-3H3;3H2,1-2H3. The van der Waals surface area contributed by atoms with E-state index >= 15 is 4.39 Å². The third-order valence-corrected chi connectivity index (χ3v) is 12.3. The maximum Gasteiger partial charge on any atom is 0.263 e. The smallest absolute Gasteiger partial charge is 0.263 e. The summed E-state index contributed by atoms with van der Waals surface area (Å²) in [5.74, 6) is -0.722. The maximum absolute atomic E-state index is 15.7. The minimum Gasteiger partial charge on any atom is -0.384 e. The van der Waals surface area contributed by atoms with Crippen LogP contribution in [-0.4, -0.2) is 176 Å². The maximum atomic E-state index is 15.7. The number of likely N-dealkylation sites (tertiary alicyclic amines) is 1. The second-order valence-corrected chi connectivity index (χ2v) is 18.4. The van der Waals surface area contributed by atoms with Crippen molar-refractivity contribution in [1.29, 1.82) is 0 Å². The number of piperazine rings is 1. The number of imide groups is 2. The second-order valence-electron chi connectivity index (χ2n) is 18.4. The Labute approximate surface area is 441 Å². The van der Waals surface area contributed by atoms with Crippen LogP contribution in [0.3, 0.4) is 0 Å². The number of anilines is 3. The van der Waals surface area contributed by atoms with Gasteiger partial charge in [0.25, 0.3) is 11.8 Å². The van der Waals surface area contributed by atoms with Crippen molar-refractivity contribution in [3.05, 3.63) is 89.6 Å². The molecule has 408 valence electrons. The van der Waals surface area contributed by atoms with Gasteiger partial charge in [-0.2, -0.15) is 0 Å². The number of carbonyl (C=O) groups is 4. The van der Waals surface area contributed by atoms with Crippen molar-refractivity contribution in [2.45, 2.75) is 79.8 Å². The summed E-state index contributed by atoms with van der Waals surface area (Å²) in [6, 6.07) is 17.6. The molecule has 5 aromatic rings. The number of nitrogen functional groups attached to an aromatic ring is 1. The van der Waals surface area contributed by atoms with Crippen LogP contribution in [0.5, 0.6) is 0 Å². The van der Waals surface area contributed by atoms with Crippen LogP contribution in [0.15, 0.2) is 66.9 Å². The highest BCUT2D eigenvalue weighted by atomic mass is 19.1. The van der Waals surface area contributed by atoms with Gasteiger partial charge >= 0.3 is 0 Å². The zero-order valence-corrected chi connectivity index (χ0v) is 45.1. The van der Waals surface area contributed by atoms with Gasteiger partial charge in [0, 0.05) is 82.3 Å². The number of halogens is 1. The monoisotopic (exact) mass is 1040 g/mol. The van der Waals surface area contributed by atoms with Crippen LogP contribution in [0.25, 0.3) is 28.1 Å². The third kappa shape index (κ3) is 17.3. The largest absolute Gasteiger partial charge is 0.384 e. The Kier molecular flexibility index (Phi) is 24.4. The number of rotatable bonds is 24. The number of ether oxygens (including phenoxy) is 4. The summed E-state index contributed by atoms with van der Waals surface area (Å²) in [6.45, 7) is 22.9. The van der Waals surface area contributed by atoms with Crippen molar-refractivity contribution in [2.75, 3.05) is 122 Å². The number of nitrogens with zero attached hydrogens (tertiary/aromatic N) is 8. The van der Waals surface area contributed by atoms with Gasteiger partial charge in [0.15, 0.2) is 5.65 Å². The number of hydrogen-bond acceptors (Lipinski definition) is 16. The van der Waals surface area contributed by atoms with E-state index in [9.17, 15) is 19.2 Å². The minimum atomic E-state index is -1.04. The van der Waals surface area contributed by atoms with E-state index in [-0.39, 0.29) is 30.1 Å². The van der Waals surface area contributed by atoms with Crippen LogP contribution >= 0.6 is 0 Å². The summed E-state index contributed by atoms with van der Waals surface area (Å²) in [5.41, 5.74) is 11.5. The van der Waals surface area contributed by atoms with Crippen molar-refractivity contribution in [1.82, 2.24) is 39.5 Å². The van der Waals surface area contributed by atoms with Crippen LogP contribution in [0.2, 0.25) is 0 Å². The first-order valence-electron chi connectivity index (χ1n) is 26.0. The molecule has 7 rings (SSSR count). The Bertz CT molecular complexity index is 2610. The molecular formula is C55H78FN11O8. The predicted molar refractivity (Wildman–Crippen MR) is 291 cm³/mol. The molecular weight excluding hydrogens is 962 g/mol. The van der Waals surface area contributed by atoms with Gasteiger partial charge in [-0.1, -0.05) is 53.2 Å². The van der Waals surface area contributed by atoms with Gasteiger partial charge in [0.05, 0.1) is 75.5 Å². The number of nitrogens with two attached hydrogens (primary N) is 1. The first kappa shape index (κ1) is 59.5. The van der Waals surface area contributed by atoms with E-state index in [0.717, 1.165) is 47.2 Å². The number of hydrogen-bond donors (Lipinski definition) is 3. The van der Waals surface area contributed by atoms with Crippen molar-refractivity contribution >= 4 is 52.5 Å². The Morgan fingerprint density at radius 1 is 0.880 bits per heavy atom. The lowest BCUT2D eigenvalue weighted by atomic mass is 10.00. The lowest BCUT2D eigenvalue weighted by Gasteiger charge is -2.36. The summed E-state index contributed by atoms with van der Waals surface area (Å²) < 4.78 is 40.3. The van der Waals surface area contributed by atoms with Gasteiger partial charge in [0.2, 0.25) is 12.3 Å². The molecule has 20 heteroatoms. The van der Waals surface area contributed by atoms with Crippen molar-refractivity contribution in [3.63, 3.8) is 0 Å². The lowest BCUT2D eigenvalue weighted by molar-refractivity contribution is -0.151. The molecule has 2 aliphatic heterocycles. The molecule has 2 saturated heterocycles. The van der Waals surface area contributed by atoms with E-state index in [2.05, 4.69) is 65.0 Å².